The molecule has 1 aromatic carbocycles. The molecule has 7 heteroatoms. The molecule has 0 heterocycles. The Labute approximate surface area is 132 Å². The van der Waals surface area contributed by atoms with Crippen LogP contribution in [-0.4, -0.2) is 30.7 Å². The molecule has 2 atom stereocenters. The number of benzene rings is 1. The monoisotopic (exact) mass is 327 g/mol. The van der Waals surface area contributed by atoms with Gasteiger partial charge in [-0.2, -0.15) is 0 Å². The highest BCUT2D eigenvalue weighted by molar-refractivity contribution is 5.83. The third-order valence-electron chi connectivity index (χ3n) is 2.63. The van der Waals surface area contributed by atoms with Crippen LogP contribution in [0.25, 0.3) is 0 Å². The normalized spacial score (nSPS) is 12.6. The summed E-state index contributed by atoms with van der Waals surface area (Å²) in [6, 6.07) is 1.41. The quantitative estimate of drug-likeness (QED) is 0.666. The highest BCUT2D eigenvalue weighted by Crippen LogP contribution is 2.08. The fraction of sp³-hybridized carbons (Fsp3) is 0.375. The number of carbonyl (C=O) groups excluding carboxylic acids is 2. The summed E-state index contributed by atoms with van der Waals surface area (Å²) < 4.78 is 44.6. The second kappa shape index (κ2) is 8.83. The summed E-state index contributed by atoms with van der Waals surface area (Å²) in [6.45, 7) is 2.84. The number of ether oxygens (including phenoxy) is 1. The second-order valence-electron chi connectivity index (χ2n) is 4.64. The van der Waals surface area contributed by atoms with Crippen molar-refractivity contribution in [1.29, 1.82) is 0 Å². The first-order chi connectivity index (χ1) is 10.8. The molecule has 0 aliphatic rings. The summed E-state index contributed by atoms with van der Waals surface area (Å²) in [5.74, 6) is 1.49. The van der Waals surface area contributed by atoms with E-state index in [1.54, 1.807) is 6.92 Å². The number of alkyl halides is 1. The predicted molar refractivity (Wildman–Crippen MR) is 77.0 cm³/mol. The first kappa shape index (κ1) is 18.6. The first-order valence-corrected chi connectivity index (χ1v) is 6.87. The number of hydrogen-bond acceptors (Lipinski definition) is 3. The summed E-state index contributed by atoms with van der Waals surface area (Å²) >= 11 is 0. The van der Waals surface area contributed by atoms with E-state index in [1.165, 1.54) is 6.92 Å². The summed E-state index contributed by atoms with van der Waals surface area (Å²) in [6.07, 6.45) is -2.22. The van der Waals surface area contributed by atoms with Gasteiger partial charge >= 0.3 is 5.97 Å². The van der Waals surface area contributed by atoms with Gasteiger partial charge in [0.25, 0.3) is 0 Å². The van der Waals surface area contributed by atoms with E-state index in [0.717, 1.165) is 12.1 Å². The topological polar surface area (TPSA) is 55.4 Å². The van der Waals surface area contributed by atoms with Crippen LogP contribution in [0.1, 0.15) is 25.8 Å². The molecule has 1 N–H and O–H groups in total. The maximum Gasteiger partial charge on any atom is 0.328 e. The Morgan fingerprint density at radius 1 is 1.26 bits per heavy atom. The number of amides is 1. The minimum Gasteiger partial charge on any atom is -0.464 e. The third kappa shape index (κ3) is 6.87. The molecule has 124 valence electrons. The zero-order chi connectivity index (χ0) is 17.4. The van der Waals surface area contributed by atoms with Crippen LogP contribution >= 0.6 is 0 Å². The molecule has 0 spiro atoms. The zero-order valence-corrected chi connectivity index (χ0v) is 12.7. The molecule has 0 aromatic heterocycles. The lowest BCUT2D eigenvalue weighted by molar-refractivity contribution is -0.147. The summed E-state index contributed by atoms with van der Waals surface area (Å²) in [7, 11) is 0. The van der Waals surface area contributed by atoms with Crippen molar-refractivity contribution >= 4 is 11.9 Å². The van der Waals surface area contributed by atoms with E-state index in [1.807, 2.05) is 0 Å². The van der Waals surface area contributed by atoms with Gasteiger partial charge in [-0.25, -0.2) is 18.0 Å². The molecule has 0 aliphatic carbocycles. The van der Waals surface area contributed by atoms with Gasteiger partial charge in [-0.05, 0) is 19.1 Å². The average molecular weight is 327 g/mol. The minimum absolute atomic E-state index is 0.0302. The molecular formula is C16H16F3NO3. The van der Waals surface area contributed by atoms with E-state index in [2.05, 4.69) is 17.2 Å². The SMILES string of the molecule is CCOC(=O)[C@H](C[C@@H](F)C#Cc1cc(F)cc(F)c1)NC(C)=O. The standard InChI is InChI=1S/C16H16F3NO3/c1-3-23-16(22)15(20-10(2)21)9-12(17)5-4-11-6-13(18)8-14(19)7-11/h6-8,12,15H,3,9H2,1-2H3,(H,20,21)/t12-,15-/m0/s1. The van der Waals surface area contributed by atoms with Crippen molar-refractivity contribution in [2.75, 3.05) is 6.61 Å². The highest BCUT2D eigenvalue weighted by Gasteiger charge is 2.24. The zero-order valence-electron chi connectivity index (χ0n) is 12.7. The third-order valence-corrected chi connectivity index (χ3v) is 2.63. The molecule has 1 amide bonds. The van der Waals surface area contributed by atoms with Crippen molar-refractivity contribution in [3.63, 3.8) is 0 Å². The lowest BCUT2D eigenvalue weighted by Crippen LogP contribution is -2.42. The molecule has 0 unspecified atom stereocenters. The van der Waals surface area contributed by atoms with Crippen molar-refractivity contribution < 1.29 is 27.5 Å². The summed E-state index contributed by atoms with van der Waals surface area (Å²) in [5, 5.41) is 2.27. The first-order valence-electron chi connectivity index (χ1n) is 6.87. The Hall–Kier alpha value is -2.49. The van der Waals surface area contributed by atoms with E-state index < -0.39 is 42.1 Å². The largest absolute Gasteiger partial charge is 0.464 e. The Balaban J connectivity index is 2.79. The van der Waals surface area contributed by atoms with Crippen LogP contribution < -0.4 is 5.32 Å². The Bertz CT molecular complexity index is 617. The van der Waals surface area contributed by atoms with Gasteiger partial charge in [0, 0.05) is 25.0 Å². The van der Waals surface area contributed by atoms with Gasteiger partial charge in [-0.1, -0.05) is 11.8 Å². The molecule has 0 bridgehead atoms. The number of carbonyl (C=O) groups is 2. The number of nitrogens with one attached hydrogen (secondary N) is 1. The van der Waals surface area contributed by atoms with Gasteiger partial charge in [0.1, 0.15) is 17.7 Å². The fourth-order valence-electron chi connectivity index (χ4n) is 1.76. The second-order valence-corrected chi connectivity index (χ2v) is 4.64. The molecule has 1 aromatic rings. The van der Waals surface area contributed by atoms with Crippen LogP contribution in [0.3, 0.4) is 0 Å². The molecule has 0 radical (unpaired) electrons. The average Bonchev–Trinajstić information content (AvgIpc) is 2.43. The lowest BCUT2D eigenvalue weighted by Gasteiger charge is -2.16. The van der Waals surface area contributed by atoms with Crippen molar-refractivity contribution in [2.24, 2.45) is 0 Å². The van der Waals surface area contributed by atoms with Crippen LogP contribution in [0.2, 0.25) is 0 Å². The van der Waals surface area contributed by atoms with Crippen LogP contribution in [0.15, 0.2) is 18.2 Å². The molecular weight excluding hydrogens is 311 g/mol. The van der Waals surface area contributed by atoms with E-state index >= 15 is 0 Å². The van der Waals surface area contributed by atoms with E-state index in [-0.39, 0.29) is 12.2 Å². The van der Waals surface area contributed by atoms with E-state index in [4.69, 9.17) is 4.74 Å². The number of halogens is 3. The van der Waals surface area contributed by atoms with Crippen LogP contribution in [-0.2, 0) is 14.3 Å². The number of hydrogen-bond donors (Lipinski definition) is 1. The molecule has 0 saturated carbocycles. The van der Waals surface area contributed by atoms with Gasteiger partial charge in [-0.15, -0.1) is 0 Å². The van der Waals surface area contributed by atoms with Crippen molar-refractivity contribution in [3.8, 4) is 11.8 Å². The predicted octanol–water partition coefficient (Wildman–Crippen LogP) is 2.11. The molecule has 23 heavy (non-hydrogen) atoms. The van der Waals surface area contributed by atoms with Gasteiger partial charge in [-0.3, -0.25) is 4.79 Å². The van der Waals surface area contributed by atoms with Gasteiger partial charge in [0.2, 0.25) is 5.91 Å². The lowest BCUT2D eigenvalue weighted by atomic mass is 10.1. The fourth-order valence-corrected chi connectivity index (χ4v) is 1.76. The van der Waals surface area contributed by atoms with Crippen molar-refractivity contribution in [1.82, 2.24) is 5.32 Å². The van der Waals surface area contributed by atoms with Crippen LogP contribution in [0.4, 0.5) is 13.2 Å². The van der Waals surface area contributed by atoms with Gasteiger partial charge in [0.15, 0.2) is 6.17 Å². The Morgan fingerprint density at radius 2 is 1.87 bits per heavy atom. The molecule has 0 saturated heterocycles. The van der Waals surface area contributed by atoms with Crippen molar-refractivity contribution in [3.05, 3.63) is 35.4 Å². The van der Waals surface area contributed by atoms with Crippen LogP contribution in [0, 0.1) is 23.5 Å². The van der Waals surface area contributed by atoms with Crippen molar-refractivity contribution in [2.45, 2.75) is 32.5 Å². The van der Waals surface area contributed by atoms with E-state index in [9.17, 15) is 22.8 Å². The van der Waals surface area contributed by atoms with Crippen LogP contribution in [0.5, 0.6) is 0 Å². The van der Waals surface area contributed by atoms with E-state index in [0.29, 0.717) is 6.07 Å². The number of rotatable bonds is 5. The highest BCUT2D eigenvalue weighted by atomic mass is 19.1. The van der Waals surface area contributed by atoms with Gasteiger partial charge < -0.3 is 10.1 Å². The Morgan fingerprint density at radius 3 is 2.39 bits per heavy atom. The molecule has 1 rings (SSSR count). The summed E-state index contributed by atoms with van der Waals surface area (Å²) in [4.78, 5) is 22.7. The number of esters is 1. The molecule has 0 fully saturated rings. The Kier molecular flexibility index (Phi) is 7.13. The maximum atomic E-state index is 13.9. The smallest absolute Gasteiger partial charge is 0.328 e. The van der Waals surface area contributed by atoms with Gasteiger partial charge in [0.05, 0.1) is 6.61 Å². The minimum atomic E-state index is -1.79. The molecule has 0 aliphatic heterocycles. The summed E-state index contributed by atoms with van der Waals surface area (Å²) in [5.41, 5.74) is -0.0302. The molecule has 4 nitrogen and oxygen atoms in total. The maximum absolute atomic E-state index is 13.9.